The van der Waals surface area contributed by atoms with Crippen LogP contribution in [0.2, 0.25) is 0 Å². The maximum atomic E-state index is 4.88. The van der Waals surface area contributed by atoms with E-state index in [1.165, 1.54) is 82.6 Å². The van der Waals surface area contributed by atoms with Gasteiger partial charge in [0.1, 0.15) is 5.65 Å². The highest BCUT2D eigenvalue weighted by Gasteiger charge is 2.50. The summed E-state index contributed by atoms with van der Waals surface area (Å²) in [4.78, 5) is 4.88. The molecule has 0 amide bonds. The Kier molecular flexibility index (Phi) is 6.01. The van der Waals surface area contributed by atoms with Gasteiger partial charge in [0.2, 0.25) is 0 Å². The maximum Gasteiger partial charge on any atom is 0.145 e. The van der Waals surface area contributed by atoms with Crippen LogP contribution in [-0.2, 0) is 5.41 Å². The predicted octanol–water partition coefficient (Wildman–Crippen LogP) is 13.0. The molecule has 2 aromatic heterocycles. The molecule has 1 spiro atoms. The Morgan fingerprint density at radius 1 is 0.426 bits per heavy atom. The van der Waals surface area contributed by atoms with Gasteiger partial charge >= 0.3 is 0 Å². The Morgan fingerprint density at radius 3 is 1.91 bits per heavy atom. The molecule has 1 atom stereocenters. The van der Waals surface area contributed by atoms with E-state index < -0.39 is 5.41 Å². The van der Waals surface area contributed by atoms with Crippen LogP contribution in [0.4, 0.5) is 0 Å². The summed E-state index contributed by atoms with van der Waals surface area (Å²) < 4.78 is 2.28. The second kappa shape index (κ2) is 11.0. The summed E-state index contributed by atoms with van der Waals surface area (Å²) in [5.74, 6) is 0. The number of aromatic nitrogens is 2. The Balaban J connectivity index is 1.19. The van der Waals surface area contributed by atoms with Crippen LogP contribution in [0.15, 0.2) is 182 Å². The van der Waals surface area contributed by atoms with Gasteiger partial charge in [-0.2, -0.15) is 0 Å². The van der Waals surface area contributed by atoms with Crippen LogP contribution in [0.1, 0.15) is 33.4 Å². The molecule has 0 bridgehead atoms. The molecule has 2 heteroatoms. The molecule has 12 rings (SSSR count). The molecule has 0 aliphatic heterocycles. The normalized spacial score (nSPS) is 15.4. The first-order valence-electron chi connectivity index (χ1n) is 18.7. The van der Waals surface area contributed by atoms with Gasteiger partial charge in [0, 0.05) is 22.7 Å². The van der Waals surface area contributed by atoms with Crippen molar-refractivity contribution in [2.75, 3.05) is 0 Å². The van der Waals surface area contributed by atoms with Crippen molar-refractivity contribution in [3.05, 3.63) is 216 Å². The zero-order valence-corrected chi connectivity index (χ0v) is 29.4. The van der Waals surface area contributed by atoms with Gasteiger partial charge in [-0.05, 0) is 120 Å². The number of pyridine rings is 1. The summed E-state index contributed by atoms with van der Waals surface area (Å²) in [7, 11) is 0. The minimum Gasteiger partial charge on any atom is -0.294 e. The number of nitrogens with zero attached hydrogens (tertiary/aromatic N) is 2. The molecule has 1 unspecified atom stereocenters. The third kappa shape index (κ3) is 3.81. The van der Waals surface area contributed by atoms with E-state index in [1.54, 1.807) is 0 Å². The first-order valence-corrected chi connectivity index (χ1v) is 18.7. The summed E-state index contributed by atoms with van der Waals surface area (Å²) in [6, 6.07) is 65.1. The van der Waals surface area contributed by atoms with Gasteiger partial charge in [-0.1, -0.05) is 146 Å². The number of para-hydroxylation sites is 1. The molecule has 2 heterocycles. The molecule has 2 aliphatic carbocycles. The summed E-state index contributed by atoms with van der Waals surface area (Å²) >= 11 is 0. The Labute approximate surface area is 312 Å². The Morgan fingerprint density at radius 2 is 1.06 bits per heavy atom. The highest BCUT2D eigenvalue weighted by Crippen LogP contribution is 2.62. The van der Waals surface area contributed by atoms with E-state index in [0.717, 1.165) is 22.2 Å². The maximum absolute atomic E-state index is 4.88. The zero-order valence-electron chi connectivity index (χ0n) is 29.4. The van der Waals surface area contributed by atoms with Crippen LogP contribution < -0.4 is 0 Å². The fraction of sp³-hybridized carbons (Fsp3) is 0.0192. The standard InChI is InChI=1S/C52H32N2/c1-2-14-37(15-3-1)54-48-29-28-35(31-44(48)42-21-12-30-53-51(42)54)36-27-26-34-25-24-33-13-4-10-22-45(33)52(47(34)32-36)46-23-11-9-20-43(46)49-40-18-7-5-16-38(40)39-17-6-8-19-41(39)50(49)52/h1-32H. The van der Waals surface area contributed by atoms with Crippen molar-refractivity contribution in [2.45, 2.75) is 5.41 Å². The van der Waals surface area contributed by atoms with Crippen LogP contribution >= 0.6 is 0 Å². The molecular formula is C52H32N2. The number of hydrogen-bond acceptors (Lipinski definition) is 1. The first-order chi connectivity index (χ1) is 26.8. The van der Waals surface area contributed by atoms with E-state index in [1.807, 2.05) is 12.3 Å². The van der Waals surface area contributed by atoms with Gasteiger partial charge in [-0.25, -0.2) is 4.98 Å². The fourth-order valence-corrected chi connectivity index (χ4v) is 9.91. The van der Waals surface area contributed by atoms with E-state index >= 15 is 0 Å². The number of rotatable bonds is 2. The Hall–Kier alpha value is -7.03. The molecule has 0 saturated carbocycles. The minimum absolute atomic E-state index is 0.557. The monoisotopic (exact) mass is 684 g/mol. The number of benzene rings is 8. The number of fused-ring (bicyclic) bond motifs is 17. The van der Waals surface area contributed by atoms with Crippen molar-refractivity contribution in [1.82, 2.24) is 9.55 Å². The summed E-state index contributed by atoms with van der Waals surface area (Å²) in [6.07, 6.45) is 6.55. The van der Waals surface area contributed by atoms with Gasteiger partial charge in [-0.15, -0.1) is 0 Å². The van der Waals surface area contributed by atoms with E-state index in [2.05, 4.69) is 187 Å². The number of hydrogen-bond donors (Lipinski definition) is 0. The molecule has 0 saturated heterocycles. The molecule has 0 N–H and O–H groups in total. The zero-order chi connectivity index (χ0) is 35.4. The quantitative estimate of drug-likeness (QED) is 0.166. The van der Waals surface area contributed by atoms with Crippen LogP contribution in [0.25, 0.3) is 83.6 Å². The van der Waals surface area contributed by atoms with Crippen molar-refractivity contribution in [1.29, 1.82) is 0 Å². The van der Waals surface area contributed by atoms with Crippen LogP contribution in [0, 0.1) is 0 Å². The molecule has 54 heavy (non-hydrogen) atoms. The van der Waals surface area contributed by atoms with E-state index in [0.29, 0.717) is 0 Å². The van der Waals surface area contributed by atoms with Gasteiger partial charge < -0.3 is 0 Å². The van der Waals surface area contributed by atoms with Crippen LogP contribution in [0.5, 0.6) is 0 Å². The van der Waals surface area contributed by atoms with E-state index in [9.17, 15) is 0 Å². The van der Waals surface area contributed by atoms with Crippen molar-refractivity contribution >= 4 is 55.6 Å². The van der Waals surface area contributed by atoms with Crippen LogP contribution in [0.3, 0.4) is 0 Å². The largest absolute Gasteiger partial charge is 0.294 e. The summed E-state index contributed by atoms with van der Waals surface area (Å²) in [6.45, 7) is 0. The summed E-state index contributed by atoms with van der Waals surface area (Å²) in [5, 5.41) is 7.54. The van der Waals surface area contributed by atoms with E-state index in [4.69, 9.17) is 4.98 Å². The summed E-state index contributed by atoms with van der Waals surface area (Å²) in [5.41, 5.74) is 15.5. The third-order valence-electron chi connectivity index (χ3n) is 12.0. The highest BCUT2D eigenvalue weighted by atomic mass is 15.0. The highest BCUT2D eigenvalue weighted by molar-refractivity contribution is 6.19. The van der Waals surface area contributed by atoms with Crippen molar-refractivity contribution in [3.63, 3.8) is 0 Å². The van der Waals surface area contributed by atoms with Gasteiger partial charge in [0.05, 0.1) is 10.9 Å². The molecule has 0 radical (unpaired) electrons. The van der Waals surface area contributed by atoms with Crippen molar-refractivity contribution < 1.29 is 0 Å². The topological polar surface area (TPSA) is 17.8 Å². The van der Waals surface area contributed by atoms with Crippen molar-refractivity contribution in [3.8, 4) is 27.9 Å². The average molecular weight is 685 g/mol. The lowest BCUT2D eigenvalue weighted by Gasteiger charge is -2.36. The molecule has 0 fully saturated rings. The average Bonchev–Trinajstić information content (AvgIpc) is 3.69. The molecule has 10 aromatic rings. The Bertz CT molecular complexity index is 3220. The minimum atomic E-state index is -0.557. The third-order valence-corrected chi connectivity index (χ3v) is 12.0. The van der Waals surface area contributed by atoms with E-state index in [-0.39, 0.29) is 0 Å². The lowest BCUT2D eigenvalue weighted by Crippen LogP contribution is -2.30. The van der Waals surface area contributed by atoms with Crippen molar-refractivity contribution in [2.24, 2.45) is 0 Å². The second-order valence-electron chi connectivity index (χ2n) is 14.6. The van der Waals surface area contributed by atoms with Crippen LogP contribution in [-0.4, -0.2) is 9.55 Å². The lowest BCUT2D eigenvalue weighted by atomic mass is 9.64. The molecular weight excluding hydrogens is 653 g/mol. The first kappa shape index (κ1) is 29.5. The SMILES string of the molecule is C1=Cc2ccc(-c3ccc4c(c3)c3cccnc3n4-c3ccccc3)cc2C2(c3ccccc31)c1ccccc1-c1c2c2ccccc2c2ccccc12. The van der Waals surface area contributed by atoms with Gasteiger partial charge in [0.25, 0.3) is 0 Å². The van der Waals surface area contributed by atoms with Gasteiger partial charge in [0.15, 0.2) is 0 Å². The molecule has 2 aliphatic rings. The second-order valence-corrected chi connectivity index (χ2v) is 14.6. The van der Waals surface area contributed by atoms with Gasteiger partial charge in [-0.3, -0.25) is 4.57 Å². The molecule has 2 nitrogen and oxygen atoms in total. The predicted molar refractivity (Wildman–Crippen MR) is 225 cm³/mol. The lowest BCUT2D eigenvalue weighted by molar-refractivity contribution is 0.774. The molecule has 8 aromatic carbocycles. The molecule has 250 valence electrons. The smallest absolute Gasteiger partial charge is 0.145 e. The fourth-order valence-electron chi connectivity index (χ4n) is 9.91.